The molecule has 20 heavy (non-hydrogen) atoms. The van der Waals surface area contributed by atoms with E-state index in [0.29, 0.717) is 36.6 Å². The molecule has 1 saturated heterocycles. The summed E-state index contributed by atoms with van der Waals surface area (Å²) in [7, 11) is 0. The van der Waals surface area contributed by atoms with E-state index in [1.807, 2.05) is 30.3 Å². The molecule has 1 fully saturated rings. The predicted octanol–water partition coefficient (Wildman–Crippen LogP) is 2.28. The van der Waals surface area contributed by atoms with Gasteiger partial charge in [-0.3, -0.25) is 0 Å². The number of hydrogen-bond acceptors (Lipinski definition) is 6. The summed E-state index contributed by atoms with van der Waals surface area (Å²) in [6.07, 6.45) is -0.249. The van der Waals surface area contributed by atoms with Gasteiger partial charge >= 0.3 is 6.09 Å². The van der Waals surface area contributed by atoms with Crippen molar-refractivity contribution in [2.75, 3.05) is 25.4 Å². The third-order valence-corrected chi connectivity index (χ3v) is 3.66. The molecule has 104 valence electrons. The first-order valence-electron chi connectivity index (χ1n) is 6.26. The highest BCUT2D eigenvalue weighted by atomic mass is 32.2. The molecule has 0 unspecified atom stereocenters. The van der Waals surface area contributed by atoms with Crippen LogP contribution in [0.4, 0.5) is 4.79 Å². The number of nitrogens with zero attached hydrogens (tertiary/aromatic N) is 3. The maximum atomic E-state index is 11.2. The number of hydrogen-bond donors (Lipinski definition) is 0. The van der Waals surface area contributed by atoms with E-state index in [-0.39, 0.29) is 6.09 Å². The number of benzene rings is 1. The Morgan fingerprint density at radius 2 is 2.10 bits per heavy atom. The topological polar surface area (TPSA) is 68.5 Å². The van der Waals surface area contributed by atoms with Crippen molar-refractivity contribution in [3.8, 4) is 11.5 Å². The molecule has 0 N–H and O–H groups in total. The molecule has 0 aliphatic carbocycles. The third kappa shape index (κ3) is 2.93. The fourth-order valence-electron chi connectivity index (χ4n) is 1.84. The van der Waals surface area contributed by atoms with Crippen molar-refractivity contribution in [2.45, 2.75) is 5.22 Å². The van der Waals surface area contributed by atoms with Gasteiger partial charge in [0.25, 0.3) is 5.22 Å². The second-order valence-electron chi connectivity index (χ2n) is 4.19. The van der Waals surface area contributed by atoms with Gasteiger partial charge in [-0.2, -0.15) is 0 Å². The Morgan fingerprint density at radius 1 is 1.25 bits per heavy atom. The number of amides is 1. The Balaban J connectivity index is 1.54. The monoisotopic (exact) mass is 291 g/mol. The molecule has 3 rings (SSSR count). The molecule has 0 radical (unpaired) electrons. The summed E-state index contributed by atoms with van der Waals surface area (Å²) in [6, 6.07) is 9.62. The fraction of sp³-hybridized carbons (Fsp3) is 0.308. The smallest absolute Gasteiger partial charge is 0.409 e. The number of rotatable bonds is 5. The van der Waals surface area contributed by atoms with Gasteiger partial charge in [0, 0.05) is 17.9 Å². The van der Waals surface area contributed by atoms with E-state index in [4.69, 9.17) is 9.15 Å². The van der Waals surface area contributed by atoms with Crippen molar-refractivity contribution < 1.29 is 13.9 Å². The van der Waals surface area contributed by atoms with Gasteiger partial charge in [-0.15, -0.1) is 10.2 Å². The van der Waals surface area contributed by atoms with Gasteiger partial charge < -0.3 is 14.1 Å². The van der Waals surface area contributed by atoms with Gasteiger partial charge in [-0.05, 0) is 12.1 Å². The van der Waals surface area contributed by atoms with Gasteiger partial charge in [0.1, 0.15) is 6.61 Å². The molecule has 2 aromatic rings. The van der Waals surface area contributed by atoms with Crippen LogP contribution in [0.25, 0.3) is 11.5 Å². The number of aromatic nitrogens is 2. The second kappa shape index (κ2) is 5.96. The van der Waals surface area contributed by atoms with Crippen LogP contribution >= 0.6 is 11.8 Å². The molecule has 0 spiro atoms. The molecule has 7 heteroatoms. The molecule has 2 heterocycles. The van der Waals surface area contributed by atoms with Crippen molar-refractivity contribution in [1.82, 2.24) is 15.1 Å². The molecule has 1 amide bonds. The summed E-state index contributed by atoms with van der Waals surface area (Å²) in [4.78, 5) is 12.9. The molecule has 0 saturated carbocycles. The fourth-order valence-corrected chi connectivity index (χ4v) is 2.56. The van der Waals surface area contributed by atoms with E-state index < -0.39 is 0 Å². The highest BCUT2D eigenvalue weighted by molar-refractivity contribution is 7.99. The van der Waals surface area contributed by atoms with Crippen molar-refractivity contribution in [3.05, 3.63) is 30.3 Å². The highest BCUT2D eigenvalue weighted by Crippen LogP contribution is 2.23. The second-order valence-corrected chi connectivity index (χ2v) is 5.24. The van der Waals surface area contributed by atoms with Crippen LogP contribution in [-0.2, 0) is 4.74 Å². The first-order chi connectivity index (χ1) is 9.83. The van der Waals surface area contributed by atoms with Crippen molar-refractivity contribution in [3.63, 3.8) is 0 Å². The van der Waals surface area contributed by atoms with E-state index in [2.05, 4.69) is 10.2 Å². The van der Waals surface area contributed by atoms with E-state index in [9.17, 15) is 4.79 Å². The van der Waals surface area contributed by atoms with Crippen molar-refractivity contribution >= 4 is 17.9 Å². The van der Waals surface area contributed by atoms with Crippen LogP contribution in [0.5, 0.6) is 0 Å². The van der Waals surface area contributed by atoms with Gasteiger partial charge in [0.2, 0.25) is 5.89 Å². The quantitative estimate of drug-likeness (QED) is 0.787. The van der Waals surface area contributed by atoms with Gasteiger partial charge in [-0.25, -0.2) is 4.79 Å². The van der Waals surface area contributed by atoms with Gasteiger partial charge in [-0.1, -0.05) is 30.0 Å². The summed E-state index contributed by atoms with van der Waals surface area (Å²) in [5.74, 6) is 1.21. The number of thioether (sulfide) groups is 1. The Kier molecular flexibility index (Phi) is 3.87. The predicted molar refractivity (Wildman–Crippen MR) is 73.4 cm³/mol. The Bertz CT molecular complexity index is 588. The molecule has 1 aromatic heterocycles. The van der Waals surface area contributed by atoms with Crippen LogP contribution < -0.4 is 0 Å². The van der Waals surface area contributed by atoms with E-state index in [1.165, 1.54) is 11.8 Å². The van der Waals surface area contributed by atoms with Gasteiger partial charge in [0.15, 0.2) is 0 Å². The number of carbonyl (C=O) groups is 1. The first-order valence-corrected chi connectivity index (χ1v) is 7.25. The molecule has 0 bridgehead atoms. The molecule has 6 nitrogen and oxygen atoms in total. The van der Waals surface area contributed by atoms with Crippen LogP contribution in [0.1, 0.15) is 0 Å². The SMILES string of the molecule is O=C1OCCN1CCSc1nnc(-c2ccccc2)o1. The van der Waals surface area contributed by atoms with Crippen LogP contribution in [-0.4, -0.2) is 46.6 Å². The lowest BCUT2D eigenvalue weighted by atomic mass is 10.2. The Labute approximate surface area is 120 Å². The molecule has 1 aromatic carbocycles. The molecule has 0 atom stereocenters. The average Bonchev–Trinajstić information content (AvgIpc) is 3.10. The van der Waals surface area contributed by atoms with Crippen LogP contribution in [0.2, 0.25) is 0 Å². The number of ether oxygens (including phenoxy) is 1. The molecular formula is C13H13N3O3S. The van der Waals surface area contributed by atoms with Crippen LogP contribution in [0, 0.1) is 0 Å². The standard InChI is InChI=1S/C13H13N3O3S/c17-13-16(6-8-18-13)7-9-20-12-15-14-11(19-12)10-4-2-1-3-5-10/h1-5H,6-9H2. The minimum Gasteiger partial charge on any atom is -0.448 e. The van der Waals surface area contributed by atoms with Crippen molar-refractivity contribution in [1.29, 1.82) is 0 Å². The zero-order valence-corrected chi connectivity index (χ0v) is 11.5. The van der Waals surface area contributed by atoms with Crippen molar-refractivity contribution in [2.24, 2.45) is 0 Å². The Morgan fingerprint density at radius 3 is 2.85 bits per heavy atom. The number of cyclic esters (lactones) is 1. The van der Waals surface area contributed by atoms with Crippen LogP contribution in [0.3, 0.4) is 0 Å². The summed E-state index contributed by atoms with van der Waals surface area (Å²) in [6.45, 7) is 1.74. The summed E-state index contributed by atoms with van der Waals surface area (Å²) < 4.78 is 10.4. The average molecular weight is 291 g/mol. The molecule has 1 aliphatic heterocycles. The zero-order valence-electron chi connectivity index (χ0n) is 10.7. The minimum absolute atomic E-state index is 0.249. The maximum absolute atomic E-state index is 11.2. The largest absolute Gasteiger partial charge is 0.448 e. The zero-order chi connectivity index (χ0) is 13.8. The first kappa shape index (κ1) is 13.0. The normalized spacial score (nSPS) is 14.6. The lowest BCUT2D eigenvalue weighted by Crippen LogP contribution is -2.26. The number of carbonyl (C=O) groups excluding carboxylic acids is 1. The lowest BCUT2D eigenvalue weighted by molar-refractivity contribution is 0.160. The van der Waals surface area contributed by atoms with Crippen LogP contribution in [0.15, 0.2) is 40.0 Å². The summed E-state index contributed by atoms with van der Waals surface area (Å²) >= 11 is 1.44. The van der Waals surface area contributed by atoms with E-state index in [1.54, 1.807) is 4.90 Å². The van der Waals surface area contributed by atoms with E-state index >= 15 is 0 Å². The maximum Gasteiger partial charge on any atom is 0.409 e. The lowest BCUT2D eigenvalue weighted by Gasteiger charge is -2.10. The summed E-state index contributed by atoms with van der Waals surface area (Å²) in [5.41, 5.74) is 0.898. The Hall–Kier alpha value is -2.02. The molecule has 1 aliphatic rings. The highest BCUT2D eigenvalue weighted by Gasteiger charge is 2.21. The third-order valence-electron chi connectivity index (χ3n) is 2.86. The minimum atomic E-state index is -0.249. The van der Waals surface area contributed by atoms with E-state index in [0.717, 1.165) is 5.56 Å². The molecular weight excluding hydrogens is 278 g/mol. The summed E-state index contributed by atoms with van der Waals surface area (Å²) in [5, 5.41) is 8.51. The van der Waals surface area contributed by atoms with Gasteiger partial charge in [0.05, 0.1) is 6.54 Å².